The lowest BCUT2D eigenvalue weighted by atomic mass is 10.0. The number of anilines is 2. The summed E-state index contributed by atoms with van der Waals surface area (Å²) in [6.45, 7) is 12.1. The van der Waals surface area contributed by atoms with Crippen molar-refractivity contribution in [3.05, 3.63) is 34.7 Å². The topological polar surface area (TPSA) is 137 Å². The SMILES string of the molecule is CC(C)(C)OC(=O)N(C(=O)OC(C)(C)C)c1cc(Cl)c(C(F)(F)F)c(-c2ncc3c(N4CC5CCC(C4)N5C(=O)OC(C)(C)C)nc(OCC(F)(F)F)nc3c2F)c1. The highest BCUT2D eigenvalue weighted by atomic mass is 35.5. The normalized spacial score (nSPS) is 17.7. The number of ether oxygens (including phenoxy) is 4. The monoisotopic (exact) mass is 850 g/mol. The van der Waals surface area contributed by atoms with Crippen LogP contribution in [0.3, 0.4) is 0 Å². The molecule has 2 bridgehead atoms. The van der Waals surface area contributed by atoms with E-state index >= 15 is 4.39 Å². The van der Waals surface area contributed by atoms with Gasteiger partial charge in [0.15, 0.2) is 12.4 Å². The first-order valence-electron chi connectivity index (χ1n) is 17.9. The maximum Gasteiger partial charge on any atom is 0.424 e. The number of benzene rings is 1. The average Bonchev–Trinajstić information content (AvgIpc) is 3.29. The highest BCUT2D eigenvalue weighted by molar-refractivity contribution is 6.32. The van der Waals surface area contributed by atoms with Gasteiger partial charge in [-0.3, -0.25) is 9.88 Å². The van der Waals surface area contributed by atoms with E-state index in [0.29, 0.717) is 25.0 Å². The molecule has 2 aliphatic rings. The molecule has 1 aromatic carbocycles. The van der Waals surface area contributed by atoms with Crippen LogP contribution in [-0.4, -0.2) is 92.9 Å². The number of nitrogens with zero attached hydrogens (tertiary/aromatic N) is 6. The molecule has 0 aliphatic carbocycles. The number of amides is 3. The predicted octanol–water partition coefficient (Wildman–Crippen LogP) is 9.71. The molecule has 2 atom stereocenters. The Balaban J connectivity index is 1.69. The largest absolute Gasteiger partial charge is 0.454 e. The molecule has 4 heterocycles. The van der Waals surface area contributed by atoms with E-state index in [1.165, 1.54) is 41.5 Å². The molecular weight excluding hydrogens is 809 g/mol. The van der Waals surface area contributed by atoms with E-state index in [1.54, 1.807) is 30.6 Å². The molecule has 0 spiro atoms. The van der Waals surface area contributed by atoms with Gasteiger partial charge in [-0.2, -0.15) is 41.2 Å². The van der Waals surface area contributed by atoms with E-state index in [0.717, 1.165) is 6.20 Å². The van der Waals surface area contributed by atoms with Gasteiger partial charge in [0.1, 0.15) is 33.8 Å². The number of piperazine rings is 1. The third-order valence-corrected chi connectivity index (χ3v) is 8.72. The fourth-order valence-corrected chi connectivity index (χ4v) is 6.77. The third-order valence-electron chi connectivity index (χ3n) is 8.42. The van der Waals surface area contributed by atoms with Crippen LogP contribution in [0.1, 0.15) is 80.7 Å². The number of carbonyl (C=O) groups excluding carboxylic acids is 3. The van der Waals surface area contributed by atoms with Gasteiger partial charge in [-0.15, -0.1) is 0 Å². The molecule has 58 heavy (non-hydrogen) atoms. The second-order valence-electron chi connectivity index (χ2n) is 16.7. The molecule has 0 N–H and O–H groups in total. The Kier molecular flexibility index (Phi) is 11.7. The lowest BCUT2D eigenvalue weighted by molar-refractivity contribution is -0.154. The van der Waals surface area contributed by atoms with Gasteiger partial charge in [0.2, 0.25) is 0 Å². The summed E-state index contributed by atoms with van der Waals surface area (Å²) in [4.78, 5) is 55.3. The first kappa shape index (κ1) is 44.2. The number of hydrogen-bond donors (Lipinski definition) is 0. The summed E-state index contributed by atoms with van der Waals surface area (Å²) in [5.41, 5.74) is -8.41. The number of rotatable bonds is 5. The second kappa shape index (κ2) is 15.4. The maximum atomic E-state index is 16.9. The van der Waals surface area contributed by atoms with Crippen LogP contribution in [0.2, 0.25) is 5.02 Å². The van der Waals surface area contributed by atoms with Gasteiger partial charge in [-0.1, -0.05) is 11.6 Å². The van der Waals surface area contributed by atoms with E-state index < -0.39 is 111 Å². The Morgan fingerprint density at radius 1 is 0.828 bits per heavy atom. The van der Waals surface area contributed by atoms with Crippen LogP contribution in [0.5, 0.6) is 6.01 Å². The van der Waals surface area contributed by atoms with Crippen LogP contribution in [0.15, 0.2) is 18.3 Å². The Morgan fingerprint density at radius 3 is 1.84 bits per heavy atom. The van der Waals surface area contributed by atoms with Crippen molar-refractivity contribution >= 4 is 52.3 Å². The Labute approximate surface area is 333 Å². The zero-order valence-corrected chi connectivity index (χ0v) is 33.7. The maximum absolute atomic E-state index is 16.9. The van der Waals surface area contributed by atoms with E-state index in [2.05, 4.69) is 15.0 Å². The highest BCUT2D eigenvalue weighted by Crippen LogP contribution is 2.46. The van der Waals surface area contributed by atoms with Crippen molar-refractivity contribution in [2.24, 2.45) is 0 Å². The van der Waals surface area contributed by atoms with E-state index in [4.69, 9.17) is 30.5 Å². The highest BCUT2D eigenvalue weighted by Gasteiger charge is 2.46. The van der Waals surface area contributed by atoms with Crippen molar-refractivity contribution in [2.45, 2.75) is 116 Å². The number of aromatic nitrogens is 3. The first-order chi connectivity index (χ1) is 26.4. The Morgan fingerprint density at radius 2 is 1.36 bits per heavy atom. The van der Waals surface area contributed by atoms with Gasteiger partial charge in [0.25, 0.3) is 0 Å². The second-order valence-corrected chi connectivity index (χ2v) is 17.1. The van der Waals surface area contributed by atoms with Crippen LogP contribution in [0, 0.1) is 5.82 Å². The number of hydrogen-bond acceptors (Lipinski definition) is 11. The Bertz CT molecular complexity index is 2060. The fraction of sp³-hybridized carbons (Fsp3) is 0.568. The zero-order valence-electron chi connectivity index (χ0n) is 33.0. The van der Waals surface area contributed by atoms with Crippen LogP contribution in [-0.2, 0) is 20.4 Å². The molecule has 2 saturated heterocycles. The van der Waals surface area contributed by atoms with Crippen LogP contribution < -0.4 is 14.5 Å². The van der Waals surface area contributed by atoms with Gasteiger partial charge >= 0.3 is 36.6 Å². The number of alkyl halides is 6. The molecule has 0 radical (unpaired) electrons. The molecule has 13 nitrogen and oxygen atoms in total. The van der Waals surface area contributed by atoms with Crippen LogP contribution in [0.25, 0.3) is 22.2 Å². The van der Waals surface area contributed by atoms with E-state index in [9.17, 15) is 40.7 Å². The number of pyridine rings is 1. The number of imide groups is 1. The summed E-state index contributed by atoms with van der Waals surface area (Å²) in [6, 6.07) is -0.604. The molecular formula is C37H42ClF7N6O7. The average molecular weight is 851 g/mol. The number of carbonyl (C=O) groups is 3. The zero-order chi connectivity index (χ0) is 43.5. The summed E-state index contributed by atoms with van der Waals surface area (Å²) < 4.78 is 122. The molecule has 3 amide bonds. The first-order valence-corrected chi connectivity index (χ1v) is 18.3. The lowest BCUT2D eigenvalue weighted by Gasteiger charge is -2.42. The summed E-state index contributed by atoms with van der Waals surface area (Å²) >= 11 is 6.20. The van der Waals surface area contributed by atoms with Crippen LogP contribution >= 0.6 is 11.6 Å². The third kappa shape index (κ3) is 10.2. The Hall–Kier alpha value is -4.88. The van der Waals surface area contributed by atoms with Gasteiger partial charge < -0.3 is 23.8 Å². The van der Waals surface area contributed by atoms with Crippen LogP contribution in [0.4, 0.5) is 56.6 Å². The fourth-order valence-electron chi connectivity index (χ4n) is 6.45. The van der Waals surface area contributed by atoms with E-state index in [-0.39, 0.29) is 29.2 Å². The van der Waals surface area contributed by atoms with Crippen molar-refractivity contribution < 1.29 is 64.1 Å². The summed E-state index contributed by atoms with van der Waals surface area (Å²) in [5, 5.41) is -1.31. The van der Waals surface area contributed by atoms with Gasteiger partial charge in [0.05, 0.1) is 33.7 Å². The molecule has 2 unspecified atom stereocenters. The van der Waals surface area contributed by atoms with Gasteiger partial charge in [-0.05, 0) is 87.3 Å². The molecule has 3 aromatic rings. The summed E-state index contributed by atoms with van der Waals surface area (Å²) in [5.74, 6) is -1.72. The summed E-state index contributed by atoms with van der Waals surface area (Å²) in [6.07, 6.45) is -11.5. The quantitative estimate of drug-likeness (QED) is 0.179. The molecule has 318 valence electrons. The standard InChI is InChI=1S/C37H42ClF7N6O7/c1-33(2,3)56-30(52)50-18-10-11-19(50)16-49(15-18)28-22-14-46-26(25(39)27(22)47-29(48-28)55-17-36(40,41)42)21-12-20(13-23(38)24(21)37(43,44)45)51(31(53)57-34(4,5)6)32(54)58-35(7,8)9/h12-14,18-19H,10-11,15-17H2,1-9H3. The number of halogens is 8. The molecule has 2 fully saturated rings. The minimum Gasteiger partial charge on any atom is -0.454 e. The molecule has 5 rings (SSSR count). The van der Waals surface area contributed by atoms with Crippen molar-refractivity contribution in [1.29, 1.82) is 0 Å². The van der Waals surface area contributed by atoms with Crippen molar-refractivity contribution in [3.8, 4) is 17.3 Å². The van der Waals surface area contributed by atoms with Crippen molar-refractivity contribution in [3.63, 3.8) is 0 Å². The van der Waals surface area contributed by atoms with Crippen molar-refractivity contribution in [1.82, 2.24) is 19.9 Å². The minimum absolute atomic E-state index is 0.0605. The predicted molar refractivity (Wildman–Crippen MR) is 196 cm³/mol. The summed E-state index contributed by atoms with van der Waals surface area (Å²) in [7, 11) is 0. The lowest BCUT2D eigenvalue weighted by Crippen LogP contribution is -2.57. The van der Waals surface area contributed by atoms with Gasteiger partial charge in [-0.25, -0.2) is 18.8 Å². The molecule has 0 saturated carbocycles. The minimum atomic E-state index is -5.29. The molecule has 2 aromatic heterocycles. The smallest absolute Gasteiger partial charge is 0.424 e. The van der Waals surface area contributed by atoms with Crippen molar-refractivity contribution in [2.75, 3.05) is 29.5 Å². The molecule has 2 aliphatic heterocycles. The van der Waals surface area contributed by atoms with E-state index in [1.807, 2.05) is 0 Å². The van der Waals surface area contributed by atoms with Gasteiger partial charge in [0, 0.05) is 24.8 Å². The number of fused-ring (bicyclic) bond motifs is 3. The molecule has 21 heteroatoms.